The molecule has 0 bridgehead atoms. The zero-order chi connectivity index (χ0) is 15.9. The Labute approximate surface area is 136 Å². The first kappa shape index (κ1) is 16.9. The molecule has 120 valence electrons. The van der Waals surface area contributed by atoms with Gasteiger partial charge in [0.2, 0.25) is 0 Å². The van der Waals surface area contributed by atoms with Gasteiger partial charge in [-0.2, -0.15) is 5.10 Å². The highest BCUT2D eigenvalue weighted by atomic mass is 32.2. The first-order chi connectivity index (χ1) is 10.7. The zero-order valence-corrected chi connectivity index (χ0v) is 14.4. The normalized spacial score (nSPS) is 10.9. The van der Waals surface area contributed by atoms with E-state index in [0.717, 1.165) is 36.6 Å². The molecule has 0 saturated heterocycles. The van der Waals surface area contributed by atoms with Gasteiger partial charge in [-0.1, -0.05) is 0 Å². The fraction of sp³-hybridized carbons (Fsp3) is 0.471. The van der Waals surface area contributed by atoms with E-state index >= 15 is 0 Å². The van der Waals surface area contributed by atoms with Crippen LogP contribution in [0.25, 0.3) is 0 Å². The van der Waals surface area contributed by atoms with Gasteiger partial charge in [0, 0.05) is 47.3 Å². The monoisotopic (exact) mass is 319 g/mol. The van der Waals surface area contributed by atoms with E-state index in [1.54, 1.807) is 11.8 Å². The summed E-state index contributed by atoms with van der Waals surface area (Å²) in [7, 11) is 0. The number of aliphatic hydroxyl groups is 1. The molecule has 2 rings (SSSR count). The SMILES string of the molecule is CCn1nc(C)c(CNc2ccc(SCCCO)cc2)c1C. The zero-order valence-electron chi connectivity index (χ0n) is 13.6. The number of hydrogen-bond acceptors (Lipinski definition) is 4. The molecule has 2 aromatic rings. The van der Waals surface area contributed by atoms with E-state index in [0.29, 0.717) is 0 Å². The van der Waals surface area contributed by atoms with Crippen LogP contribution in [0.1, 0.15) is 30.3 Å². The average Bonchev–Trinajstić information content (AvgIpc) is 2.81. The van der Waals surface area contributed by atoms with Crippen molar-refractivity contribution in [3.05, 3.63) is 41.2 Å². The van der Waals surface area contributed by atoms with Crippen LogP contribution in [0.5, 0.6) is 0 Å². The maximum atomic E-state index is 8.80. The van der Waals surface area contributed by atoms with Crippen LogP contribution < -0.4 is 5.32 Å². The molecule has 0 fully saturated rings. The molecule has 0 radical (unpaired) electrons. The second-order valence-corrected chi connectivity index (χ2v) is 6.44. The molecule has 0 unspecified atom stereocenters. The highest BCUT2D eigenvalue weighted by Gasteiger charge is 2.09. The maximum absolute atomic E-state index is 8.80. The van der Waals surface area contributed by atoms with E-state index in [2.05, 4.69) is 55.5 Å². The molecule has 1 heterocycles. The lowest BCUT2D eigenvalue weighted by Gasteiger charge is -2.08. The average molecular weight is 319 g/mol. The predicted molar refractivity (Wildman–Crippen MR) is 93.6 cm³/mol. The highest BCUT2D eigenvalue weighted by Crippen LogP contribution is 2.22. The van der Waals surface area contributed by atoms with Gasteiger partial charge < -0.3 is 10.4 Å². The fourth-order valence-electron chi connectivity index (χ4n) is 2.41. The van der Waals surface area contributed by atoms with E-state index in [1.807, 2.05) is 4.68 Å². The Bertz CT molecular complexity index is 593. The van der Waals surface area contributed by atoms with E-state index in [9.17, 15) is 0 Å². The van der Waals surface area contributed by atoms with E-state index in [-0.39, 0.29) is 6.61 Å². The lowest BCUT2D eigenvalue weighted by molar-refractivity contribution is 0.296. The quantitative estimate of drug-likeness (QED) is 0.576. The van der Waals surface area contributed by atoms with Gasteiger partial charge in [0.25, 0.3) is 0 Å². The molecule has 4 nitrogen and oxygen atoms in total. The summed E-state index contributed by atoms with van der Waals surface area (Å²) in [5, 5.41) is 16.8. The van der Waals surface area contributed by atoms with Crippen molar-refractivity contribution in [1.82, 2.24) is 9.78 Å². The summed E-state index contributed by atoms with van der Waals surface area (Å²) in [6.07, 6.45) is 0.838. The topological polar surface area (TPSA) is 50.1 Å². The Morgan fingerprint density at radius 1 is 1.23 bits per heavy atom. The number of rotatable bonds is 8. The Morgan fingerprint density at radius 3 is 2.55 bits per heavy atom. The summed E-state index contributed by atoms with van der Waals surface area (Å²) >= 11 is 1.78. The van der Waals surface area contributed by atoms with E-state index in [1.165, 1.54) is 16.2 Å². The smallest absolute Gasteiger partial charge is 0.0646 e. The lowest BCUT2D eigenvalue weighted by atomic mass is 10.2. The number of aliphatic hydroxyl groups excluding tert-OH is 1. The van der Waals surface area contributed by atoms with Gasteiger partial charge in [0.1, 0.15) is 0 Å². The van der Waals surface area contributed by atoms with Crippen LogP contribution in [0.4, 0.5) is 5.69 Å². The molecule has 0 amide bonds. The first-order valence-corrected chi connectivity index (χ1v) is 8.74. The number of thioether (sulfide) groups is 1. The first-order valence-electron chi connectivity index (χ1n) is 7.76. The number of aromatic nitrogens is 2. The molecule has 0 atom stereocenters. The second-order valence-electron chi connectivity index (χ2n) is 5.27. The van der Waals surface area contributed by atoms with Crippen molar-refractivity contribution in [3.8, 4) is 0 Å². The van der Waals surface area contributed by atoms with Crippen LogP contribution in [-0.2, 0) is 13.1 Å². The lowest BCUT2D eigenvalue weighted by Crippen LogP contribution is -2.03. The molecular formula is C17H25N3OS. The molecule has 22 heavy (non-hydrogen) atoms. The molecule has 1 aromatic carbocycles. The van der Waals surface area contributed by atoms with Gasteiger partial charge in [0.05, 0.1) is 5.69 Å². The molecular weight excluding hydrogens is 294 g/mol. The predicted octanol–water partition coefficient (Wildman–Crippen LogP) is 3.61. The number of hydrogen-bond donors (Lipinski definition) is 2. The standard InChI is InChI=1S/C17H25N3OS/c1-4-20-14(3)17(13(2)19-20)12-18-15-6-8-16(9-7-15)22-11-5-10-21/h6-9,18,21H,4-5,10-12H2,1-3H3. The van der Waals surface area contributed by atoms with Crippen molar-refractivity contribution in [1.29, 1.82) is 0 Å². The van der Waals surface area contributed by atoms with Crippen LogP contribution in [0.2, 0.25) is 0 Å². The molecule has 0 aliphatic carbocycles. The number of aryl methyl sites for hydroxylation is 2. The van der Waals surface area contributed by atoms with Crippen molar-refractivity contribution in [2.24, 2.45) is 0 Å². The molecule has 2 N–H and O–H groups in total. The molecule has 0 aliphatic heterocycles. The summed E-state index contributed by atoms with van der Waals surface area (Å²) in [4.78, 5) is 1.24. The molecule has 0 saturated carbocycles. The van der Waals surface area contributed by atoms with Crippen LogP contribution in [0, 0.1) is 13.8 Å². The Morgan fingerprint density at radius 2 is 1.95 bits per heavy atom. The van der Waals surface area contributed by atoms with Crippen molar-refractivity contribution in [2.45, 2.75) is 45.2 Å². The fourth-order valence-corrected chi connectivity index (χ4v) is 3.25. The summed E-state index contributed by atoms with van der Waals surface area (Å²) in [6, 6.07) is 8.46. The largest absolute Gasteiger partial charge is 0.396 e. The maximum Gasteiger partial charge on any atom is 0.0646 e. The third kappa shape index (κ3) is 4.27. The number of anilines is 1. The molecule has 0 spiro atoms. The van der Waals surface area contributed by atoms with Crippen molar-refractivity contribution in [3.63, 3.8) is 0 Å². The van der Waals surface area contributed by atoms with Gasteiger partial charge in [-0.25, -0.2) is 0 Å². The van der Waals surface area contributed by atoms with Crippen LogP contribution in [0.3, 0.4) is 0 Å². The summed E-state index contributed by atoms with van der Waals surface area (Å²) in [5.41, 5.74) is 4.74. The number of nitrogens with zero attached hydrogens (tertiary/aromatic N) is 2. The van der Waals surface area contributed by atoms with Gasteiger partial charge in [-0.3, -0.25) is 4.68 Å². The van der Waals surface area contributed by atoms with Crippen LogP contribution >= 0.6 is 11.8 Å². The van der Waals surface area contributed by atoms with Crippen molar-refractivity contribution >= 4 is 17.4 Å². The summed E-state index contributed by atoms with van der Waals surface area (Å²) in [5.74, 6) is 0.956. The number of benzene rings is 1. The minimum Gasteiger partial charge on any atom is -0.396 e. The number of nitrogens with one attached hydrogen (secondary N) is 1. The highest BCUT2D eigenvalue weighted by molar-refractivity contribution is 7.99. The molecule has 1 aromatic heterocycles. The third-order valence-electron chi connectivity index (χ3n) is 3.73. The molecule has 5 heteroatoms. The summed E-state index contributed by atoms with van der Waals surface area (Å²) < 4.78 is 2.05. The second kappa shape index (κ2) is 8.25. The summed E-state index contributed by atoms with van der Waals surface area (Å²) in [6.45, 7) is 8.28. The third-order valence-corrected chi connectivity index (χ3v) is 4.82. The Hall–Kier alpha value is -1.46. The van der Waals surface area contributed by atoms with E-state index < -0.39 is 0 Å². The van der Waals surface area contributed by atoms with E-state index in [4.69, 9.17) is 5.11 Å². The molecule has 0 aliphatic rings. The van der Waals surface area contributed by atoms with Crippen molar-refractivity contribution < 1.29 is 5.11 Å². The van der Waals surface area contributed by atoms with Crippen molar-refractivity contribution in [2.75, 3.05) is 17.7 Å². The van der Waals surface area contributed by atoms with Crippen LogP contribution in [-0.4, -0.2) is 27.2 Å². The minimum absolute atomic E-state index is 0.261. The van der Waals surface area contributed by atoms with Gasteiger partial charge in [-0.15, -0.1) is 11.8 Å². The van der Waals surface area contributed by atoms with Gasteiger partial charge in [-0.05, 0) is 51.5 Å². The van der Waals surface area contributed by atoms with Crippen LogP contribution in [0.15, 0.2) is 29.2 Å². The minimum atomic E-state index is 0.261. The Balaban J connectivity index is 1.93. The van der Waals surface area contributed by atoms with Gasteiger partial charge >= 0.3 is 0 Å². The van der Waals surface area contributed by atoms with Gasteiger partial charge in [0.15, 0.2) is 0 Å². The Kier molecular flexibility index (Phi) is 6.34.